The van der Waals surface area contributed by atoms with E-state index in [1.54, 1.807) is 23.8 Å². The summed E-state index contributed by atoms with van der Waals surface area (Å²) in [6.07, 6.45) is 4.12. The molecule has 1 aliphatic carbocycles. The van der Waals surface area contributed by atoms with Gasteiger partial charge in [0.15, 0.2) is 0 Å². The number of esters is 1. The highest BCUT2D eigenvalue weighted by atomic mass is 35.5. The van der Waals surface area contributed by atoms with Crippen molar-refractivity contribution in [1.82, 2.24) is 4.57 Å². The Kier molecular flexibility index (Phi) is 6.05. The summed E-state index contributed by atoms with van der Waals surface area (Å²) in [5, 5.41) is 1.17. The number of carbonyl (C=O) groups is 2. The molecule has 0 radical (unpaired) electrons. The number of nitrogens with zero attached hydrogens (tertiary/aromatic N) is 1. The van der Waals surface area contributed by atoms with Crippen LogP contribution in [0.2, 0.25) is 5.02 Å². The summed E-state index contributed by atoms with van der Waals surface area (Å²) in [5.41, 5.74) is 3.76. The molecule has 1 heterocycles. The quantitative estimate of drug-likeness (QED) is 0.483. The van der Waals surface area contributed by atoms with E-state index in [0.29, 0.717) is 27.5 Å². The monoisotopic (exact) mass is 439 g/mol. The molecule has 0 saturated heterocycles. The van der Waals surface area contributed by atoms with Crippen LogP contribution in [0.1, 0.15) is 52.9 Å². The maximum Gasteiger partial charge on any atom is 0.310 e. The van der Waals surface area contributed by atoms with Gasteiger partial charge in [0.1, 0.15) is 11.9 Å². The maximum absolute atomic E-state index is 13.4. The van der Waals surface area contributed by atoms with Crippen LogP contribution in [0.5, 0.6) is 5.75 Å². The van der Waals surface area contributed by atoms with E-state index >= 15 is 0 Å². The molecule has 1 saturated carbocycles. The molecule has 0 N–H and O–H groups in total. The van der Waals surface area contributed by atoms with Gasteiger partial charge >= 0.3 is 5.97 Å². The first kappa shape index (κ1) is 21.4. The number of methoxy groups -OCH3 is 1. The lowest BCUT2D eigenvalue weighted by Crippen LogP contribution is -2.17. The SMILES string of the molecule is COc1cc2c(CC(=O)OC3CCCC3)c(C)n(C(=O)c3ccc(C)cc3)c2cc1Cl. The highest BCUT2D eigenvalue weighted by Crippen LogP contribution is 2.36. The number of carbonyl (C=O) groups excluding carboxylic acids is 2. The lowest BCUT2D eigenvalue weighted by Gasteiger charge is -2.11. The number of hydrogen-bond donors (Lipinski definition) is 0. The minimum Gasteiger partial charge on any atom is -0.495 e. The van der Waals surface area contributed by atoms with E-state index in [0.717, 1.165) is 42.2 Å². The Hall–Kier alpha value is -2.79. The van der Waals surface area contributed by atoms with Crippen LogP contribution in [0.3, 0.4) is 0 Å². The first-order valence-corrected chi connectivity index (χ1v) is 10.9. The second kappa shape index (κ2) is 8.75. The van der Waals surface area contributed by atoms with Crippen LogP contribution in [0.15, 0.2) is 36.4 Å². The minimum atomic E-state index is -0.272. The smallest absolute Gasteiger partial charge is 0.310 e. The van der Waals surface area contributed by atoms with E-state index < -0.39 is 0 Å². The molecule has 0 aliphatic heterocycles. The van der Waals surface area contributed by atoms with E-state index in [-0.39, 0.29) is 24.4 Å². The van der Waals surface area contributed by atoms with Gasteiger partial charge in [0.25, 0.3) is 5.91 Å². The number of halogens is 1. The zero-order chi connectivity index (χ0) is 22.1. The molecule has 0 bridgehead atoms. The molecular formula is C25H26ClNO4. The highest BCUT2D eigenvalue weighted by Gasteiger charge is 2.25. The Morgan fingerprint density at radius 1 is 1.10 bits per heavy atom. The van der Waals surface area contributed by atoms with Gasteiger partial charge in [-0.1, -0.05) is 29.3 Å². The van der Waals surface area contributed by atoms with Crippen molar-refractivity contribution in [2.45, 2.75) is 52.1 Å². The Balaban J connectivity index is 1.79. The molecule has 0 atom stereocenters. The van der Waals surface area contributed by atoms with Gasteiger partial charge in [-0.25, -0.2) is 0 Å². The normalized spacial score (nSPS) is 14.2. The molecule has 1 aromatic heterocycles. The summed E-state index contributed by atoms with van der Waals surface area (Å²) < 4.78 is 12.7. The first-order chi connectivity index (χ1) is 14.9. The largest absolute Gasteiger partial charge is 0.495 e. The Morgan fingerprint density at radius 2 is 1.77 bits per heavy atom. The third-order valence-electron chi connectivity index (χ3n) is 6.03. The Morgan fingerprint density at radius 3 is 2.42 bits per heavy atom. The standard InChI is InChI=1S/C25H26ClNO4/c1-15-8-10-17(11-9-15)25(29)27-16(2)19(13-24(28)31-18-6-4-5-7-18)20-12-23(30-3)21(26)14-22(20)27/h8-12,14,18H,4-7,13H2,1-3H3. The second-order valence-corrected chi connectivity index (χ2v) is 8.55. The van der Waals surface area contributed by atoms with Crippen molar-refractivity contribution in [3.05, 3.63) is 63.8 Å². The molecule has 1 fully saturated rings. The van der Waals surface area contributed by atoms with Gasteiger partial charge in [-0.05, 0) is 69.4 Å². The number of aryl methyl sites for hydroxylation is 1. The summed E-state index contributed by atoms with van der Waals surface area (Å²) in [6, 6.07) is 10.9. The summed E-state index contributed by atoms with van der Waals surface area (Å²) in [7, 11) is 1.54. The molecular weight excluding hydrogens is 414 g/mol. The number of aromatic nitrogens is 1. The number of hydrogen-bond acceptors (Lipinski definition) is 4. The molecule has 31 heavy (non-hydrogen) atoms. The van der Waals surface area contributed by atoms with Gasteiger partial charge in [0, 0.05) is 16.6 Å². The average Bonchev–Trinajstić information content (AvgIpc) is 3.34. The molecule has 0 spiro atoms. The van der Waals surface area contributed by atoms with Crippen LogP contribution in [0.4, 0.5) is 0 Å². The number of fused-ring (bicyclic) bond motifs is 1. The van der Waals surface area contributed by atoms with Crippen LogP contribution in [-0.4, -0.2) is 29.7 Å². The van der Waals surface area contributed by atoms with Gasteiger partial charge in [0.2, 0.25) is 0 Å². The molecule has 0 unspecified atom stereocenters. The van der Waals surface area contributed by atoms with Gasteiger partial charge in [-0.3, -0.25) is 14.2 Å². The van der Waals surface area contributed by atoms with Crippen LogP contribution in [0.25, 0.3) is 10.9 Å². The van der Waals surface area contributed by atoms with Crippen molar-refractivity contribution < 1.29 is 19.1 Å². The topological polar surface area (TPSA) is 57.5 Å². The van der Waals surface area contributed by atoms with Crippen LogP contribution < -0.4 is 4.74 Å². The van der Waals surface area contributed by atoms with Gasteiger partial charge in [0.05, 0.1) is 24.1 Å². The maximum atomic E-state index is 13.4. The molecule has 3 aromatic rings. The van der Waals surface area contributed by atoms with E-state index in [1.165, 1.54) is 0 Å². The molecule has 162 valence electrons. The molecule has 5 nitrogen and oxygen atoms in total. The zero-order valence-electron chi connectivity index (χ0n) is 18.0. The number of benzene rings is 2. The lowest BCUT2D eigenvalue weighted by molar-refractivity contribution is -0.147. The predicted octanol–water partition coefficient (Wildman–Crippen LogP) is 5.64. The summed E-state index contributed by atoms with van der Waals surface area (Å²) in [5.74, 6) is 0.0596. The fraction of sp³-hybridized carbons (Fsp3) is 0.360. The van der Waals surface area contributed by atoms with Crippen molar-refractivity contribution in [3.63, 3.8) is 0 Å². The summed E-state index contributed by atoms with van der Waals surface area (Å²) in [4.78, 5) is 26.1. The molecule has 2 aromatic carbocycles. The fourth-order valence-electron chi connectivity index (χ4n) is 4.32. The van der Waals surface area contributed by atoms with Gasteiger partial charge in [-0.2, -0.15) is 0 Å². The second-order valence-electron chi connectivity index (χ2n) is 8.15. The number of rotatable bonds is 5. The van der Waals surface area contributed by atoms with E-state index in [1.807, 2.05) is 38.1 Å². The average molecular weight is 440 g/mol. The van der Waals surface area contributed by atoms with E-state index in [9.17, 15) is 9.59 Å². The van der Waals surface area contributed by atoms with Gasteiger partial charge in [-0.15, -0.1) is 0 Å². The van der Waals surface area contributed by atoms with E-state index in [4.69, 9.17) is 21.1 Å². The summed E-state index contributed by atoms with van der Waals surface area (Å²) >= 11 is 6.39. The number of ether oxygens (including phenoxy) is 2. The van der Waals surface area contributed by atoms with Crippen molar-refractivity contribution in [2.75, 3.05) is 7.11 Å². The fourth-order valence-corrected chi connectivity index (χ4v) is 4.56. The first-order valence-electron chi connectivity index (χ1n) is 10.6. The van der Waals surface area contributed by atoms with Gasteiger partial charge < -0.3 is 9.47 Å². The lowest BCUT2D eigenvalue weighted by atomic mass is 10.1. The third kappa shape index (κ3) is 4.19. The van der Waals surface area contributed by atoms with Crippen LogP contribution in [-0.2, 0) is 16.0 Å². The van der Waals surface area contributed by atoms with E-state index in [2.05, 4.69) is 0 Å². The molecule has 0 amide bonds. The predicted molar refractivity (Wildman–Crippen MR) is 121 cm³/mol. The van der Waals surface area contributed by atoms with Crippen molar-refractivity contribution in [3.8, 4) is 5.75 Å². The van der Waals surface area contributed by atoms with Crippen molar-refractivity contribution in [2.24, 2.45) is 0 Å². The Bertz CT molecular complexity index is 1140. The third-order valence-corrected chi connectivity index (χ3v) is 6.33. The highest BCUT2D eigenvalue weighted by molar-refractivity contribution is 6.33. The Labute approximate surface area is 186 Å². The van der Waals surface area contributed by atoms with Crippen molar-refractivity contribution >= 4 is 34.4 Å². The van der Waals surface area contributed by atoms with Crippen molar-refractivity contribution in [1.29, 1.82) is 0 Å². The zero-order valence-corrected chi connectivity index (χ0v) is 18.8. The molecule has 1 aliphatic rings. The van der Waals surface area contributed by atoms with Crippen LogP contribution in [0, 0.1) is 13.8 Å². The molecule has 4 rings (SSSR count). The minimum absolute atomic E-state index is 0.000623. The van der Waals surface area contributed by atoms with Crippen LogP contribution >= 0.6 is 11.6 Å². The molecule has 6 heteroatoms. The summed E-state index contributed by atoms with van der Waals surface area (Å²) in [6.45, 7) is 3.83.